The molecule has 0 aliphatic carbocycles. The van der Waals surface area contributed by atoms with E-state index in [0.717, 1.165) is 16.5 Å². The van der Waals surface area contributed by atoms with Gasteiger partial charge in [0.25, 0.3) is 5.22 Å². The van der Waals surface area contributed by atoms with Crippen LogP contribution in [0.25, 0.3) is 10.9 Å². The van der Waals surface area contributed by atoms with Crippen molar-refractivity contribution in [1.82, 2.24) is 9.97 Å². The minimum Gasteiger partial charge on any atom is -0.440 e. The summed E-state index contributed by atoms with van der Waals surface area (Å²) in [6, 6.07) is 9.99. The molecule has 2 N–H and O–H groups in total. The van der Waals surface area contributed by atoms with Gasteiger partial charge >= 0.3 is 0 Å². The van der Waals surface area contributed by atoms with Crippen LogP contribution in [0.15, 0.2) is 52.4 Å². The molecule has 0 saturated heterocycles. The number of fused-ring (bicyclic) bond motifs is 1. The molecule has 0 bridgehead atoms. The zero-order valence-corrected chi connectivity index (χ0v) is 10.4. The second-order valence-corrected chi connectivity index (χ2v) is 4.74. The molecule has 0 amide bonds. The lowest BCUT2D eigenvalue weighted by Crippen LogP contribution is -1.97. The second kappa shape index (κ2) is 4.70. The molecule has 0 saturated carbocycles. The first-order valence-electron chi connectivity index (χ1n) is 5.49. The Morgan fingerprint density at radius 2 is 2.17 bits per heavy atom. The summed E-state index contributed by atoms with van der Waals surface area (Å²) in [7, 11) is 0. The van der Waals surface area contributed by atoms with E-state index < -0.39 is 0 Å². The molecule has 18 heavy (non-hydrogen) atoms. The molecule has 3 rings (SSSR count). The molecule has 2 aromatic heterocycles. The highest BCUT2D eigenvalue weighted by molar-refractivity contribution is 7.98. The van der Waals surface area contributed by atoms with Crippen LogP contribution in [0, 0.1) is 0 Å². The molecular weight excluding hydrogens is 246 g/mol. The molecule has 0 fully saturated rings. The topological polar surface area (TPSA) is 64.9 Å². The molecule has 1 aromatic carbocycles. The maximum absolute atomic E-state index is 5.95. The maximum atomic E-state index is 5.95. The number of benzene rings is 1. The summed E-state index contributed by atoms with van der Waals surface area (Å²) in [5.74, 6) is 1.26. The van der Waals surface area contributed by atoms with E-state index in [2.05, 4.69) is 16.0 Å². The van der Waals surface area contributed by atoms with E-state index in [1.807, 2.05) is 24.3 Å². The van der Waals surface area contributed by atoms with Crippen LogP contribution < -0.4 is 5.73 Å². The van der Waals surface area contributed by atoms with E-state index in [-0.39, 0.29) is 0 Å². The molecule has 90 valence electrons. The van der Waals surface area contributed by atoms with E-state index >= 15 is 0 Å². The summed E-state index contributed by atoms with van der Waals surface area (Å²) in [5.41, 5.74) is 7.86. The van der Waals surface area contributed by atoms with Crippen LogP contribution in [-0.2, 0) is 5.75 Å². The van der Waals surface area contributed by atoms with Crippen LogP contribution in [0.3, 0.4) is 0 Å². The highest BCUT2D eigenvalue weighted by atomic mass is 32.2. The van der Waals surface area contributed by atoms with Crippen LogP contribution in [0.2, 0.25) is 0 Å². The number of hydrogen-bond acceptors (Lipinski definition) is 5. The normalized spacial score (nSPS) is 10.9. The van der Waals surface area contributed by atoms with Gasteiger partial charge in [-0.2, -0.15) is 0 Å². The first-order chi connectivity index (χ1) is 8.83. The lowest BCUT2D eigenvalue weighted by atomic mass is 10.1. The average Bonchev–Trinajstić information content (AvgIpc) is 2.89. The predicted molar refractivity (Wildman–Crippen MR) is 72.2 cm³/mol. The van der Waals surface area contributed by atoms with Gasteiger partial charge in [0.1, 0.15) is 12.1 Å². The van der Waals surface area contributed by atoms with Gasteiger partial charge in [-0.05, 0) is 12.1 Å². The van der Waals surface area contributed by atoms with Gasteiger partial charge in [0.15, 0.2) is 0 Å². The third-order valence-electron chi connectivity index (χ3n) is 2.60. The van der Waals surface area contributed by atoms with Crippen molar-refractivity contribution < 1.29 is 4.42 Å². The van der Waals surface area contributed by atoms with Crippen molar-refractivity contribution >= 4 is 28.5 Å². The summed E-state index contributed by atoms with van der Waals surface area (Å²) in [5, 5.41) is 1.73. The molecule has 0 radical (unpaired) electrons. The lowest BCUT2D eigenvalue weighted by Gasteiger charge is -2.05. The van der Waals surface area contributed by atoms with Crippen LogP contribution in [0.5, 0.6) is 0 Å². The first-order valence-corrected chi connectivity index (χ1v) is 6.48. The number of hydrogen-bond donors (Lipinski definition) is 1. The molecule has 3 aromatic rings. The molecule has 4 nitrogen and oxygen atoms in total. The average molecular weight is 257 g/mol. The Bertz CT molecular complexity index is 667. The van der Waals surface area contributed by atoms with Gasteiger partial charge in [-0.25, -0.2) is 9.97 Å². The maximum Gasteiger partial charge on any atom is 0.255 e. The number of aromatic nitrogens is 2. The minimum atomic E-state index is 0.563. The molecule has 0 atom stereocenters. The number of nitrogen functional groups attached to an aromatic ring is 1. The third kappa shape index (κ3) is 2.17. The minimum absolute atomic E-state index is 0.563. The van der Waals surface area contributed by atoms with Crippen molar-refractivity contribution in [3.8, 4) is 0 Å². The number of anilines is 1. The van der Waals surface area contributed by atoms with Gasteiger partial charge in [0.05, 0.1) is 11.7 Å². The summed E-state index contributed by atoms with van der Waals surface area (Å²) >= 11 is 1.51. The highest BCUT2D eigenvalue weighted by Gasteiger charge is 2.06. The van der Waals surface area contributed by atoms with Crippen LogP contribution >= 0.6 is 11.8 Å². The number of nitrogens with two attached hydrogens (primary N) is 1. The number of para-hydroxylation sites is 1. The van der Waals surface area contributed by atoms with Crippen molar-refractivity contribution in [2.75, 3.05) is 5.73 Å². The van der Waals surface area contributed by atoms with E-state index in [9.17, 15) is 0 Å². The van der Waals surface area contributed by atoms with Gasteiger partial charge in [0.2, 0.25) is 0 Å². The summed E-state index contributed by atoms with van der Waals surface area (Å²) in [4.78, 5) is 8.45. The SMILES string of the molecule is Nc1nc2ccccc2cc1CSc1ncco1. The van der Waals surface area contributed by atoms with E-state index in [0.29, 0.717) is 16.8 Å². The Kier molecular flexibility index (Phi) is 2.90. The second-order valence-electron chi connectivity index (χ2n) is 3.81. The van der Waals surface area contributed by atoms with Crippen molar-refractivity contribution in [2.45, 2.75) is 11.0 Å². The van der Waals surface area contributed by atoms with Crippen molar-refractivity contribution in [2.24, 2.45) is 0 Å². The number of pyridine rings is 1. The number of oxazole rings is 1. The van der Waals surface area contributed by atoms with Gasteiger partial charge in [-0.3, -0.25) is 0 Å². The monoisotopic (exact) mass is 257 g/mol. The molecule has 5 heteroatoms. The number of rotatable bonds is 3. The highest BCUT2D eigenvalue weighted by Crippen LogP contribution is 2.25. The fourth-order valence-electron chi connectivity index (χ4n) is 1.71. The van der Waals surface area contributed by atoms with Gasteiger partial charge in [-0.15, -0.1) is 0 Å². The Morgan fingerprint density at radius 1 is 1.28 bits per heavy atom. The smallest absolute Gasteiger partial charge is 0.255 e. The van der Waals surface area contributed by atoms with Crippen molar-refractivity contribution in [3.05, 3.63) is 48.4 Å². The Balaban J connectivity index is 1.89. The number of nitrogens with zero attached hydrogens (tertiary/aromatic N) is 2. The largest absolute Gasteiger partial charge is 0.440 e. The molecule has 2 heterocycles. The van der Waals surface area contributed by atoms with E-state index in [1.54, 1.807) is 12.5 Å². The van der Waals surface area contributed by atoms with Gasteiger partial charge < -0.3 is 10.2 Å². The van der Waals surface area contributed by atoms with E-state index in [4.69, 9.17) is 10.2 Å². The third-order valence-corrected chi connectivity index (χ3v) is 3.50. The van der Waals surface area contributed by atoms with Crippen molar-refractivity contribution in [3.63, 3.8) is 0 Å². The Labute approximate surface area is 108 Å². The Hall–Kier alpha value is -2.01. The van der Waals surface area contributed by atoms with E-state index in [1.165, 1.54) is 11.8 Å². The lowest BCUT2D eigenvalue weighted by molar-refractivity contribution is 0.454. The Morgan fingerprint density at radius 3 is 3.00 bits per heavy atom. The van der Waals surface area contributed by atoms with Crippen LogP contribution in [0.4, 0.5) is 5.82 Å². The van der Waals surface area contributed by atoms with Crippen molar-refractivity contribution in [1.29, 1.82) is 0 Å². The van der Waals surface area contributed by atoms with Crippen LogP contribution in [-0.4, -0.2) is 9.97 Å². The fraction of sp³-hybridized carbons (Fsp3) is 0.0769. The molecule has 0 spiro atoms. The van der Waals surface area contributed by atoms with Gasteiger partial charge in [0, 0.05) is 16.7 Å². The summed E-state index contributed by atoms with van der Waals surface area (Å²) < 4.78 is 5.17. The zero-order valence-electron chi connectivity index (χ0n) is 9.54. The molecule has 0 aliphatic heterocycles. The fourth-order valence-corrected chi connectivity index (χ4v) is 2.48. The molecule has 0 unspecified atom stereocenters. The first kappa shape index (κ1) is 11.1. The number of thioether (sulfide) groups is 1. The summed E-state index contributed by atoms with van der Waals surface area (Å²) in [6.45, 7) is 0. The zero-order chi connectivity index (χ0) is 12.4. The molecular formula is C13H11N3OS. The van der Waals surface area contributed by atoms with Crippen LogP contribution in [0.1, 0.15) is 5.56 Å². The quantitative estimate of drug-likeness (QED) is 0.730. The molecule has 0 aliphatic rings. The standard InChI is InChI=1S/C13H11N3OS/c14-12-10(8-18-13-15-5-6-17-13)7-9-3-1-2-4-11(9)16-12/h1-7H,8H2,(H2,14,16). The summed E-state index contributed by atoms with van der Waals surface area (Å²) in [6.07, 6.45) is 3.19. The van der Waals surface area contributed by atoms with Gasteiger partial charge in [-0.1, -0.05) is 30.0 Å². The predicted octanol–water partition coefficient (Wildman–Crippen LogP) is 3.10.